The normalized spacial score (nSPS) is 12.0. The molecule has 1 aromatic heterocycles. The van der Waals surface area contributed by atoms with E-state index in [-0.39, 0.29) is 4.90 Å². The van der Waals surface area contributed by atoms with Gasteiger partial charge in [-0.3, -0.25) is 0 Å². The lowest BCUT2D eigenvalue weighted by Gasteiger charge is -2.12. The quantitative estimate of drug-likeness (QED) is 0.549. The van der Waals surface area contributed by atoms with Gasteiger partial charge in [0.1, 0.15) is 12.1 Å². The molecule has 0 saturated carbocycles. The molecule has 132 valence electrons. The van der Waals surface area contributed by atoms with Crippen molar-refractivity contribution in [2.75, 3.05) is 7.11 Å². The number of methoxy groups -OCH3 is 1. The van der Waals surface area contributed by atoms with Crippen LogP contribution in [0.15, 0.2) is 59.8 Å². The summed E-state index contributed by atoms with van der Waals surface area (Å²) in [6.45, 7) is 3.95. The fourth-order valence-electron chi connectivity index (χ4n) is 3.19. The van der Waals surface area contributed by atoms with Gasteiger partial charge in [-0.2, -0.15) is 0 Å². The van der Waals surface area contributed by atoms with Crippen LogP contribution in [-0.4, -0.2) is 24.5 Å². The highest BCUT2D eigenvalue weighted by molar-refractivity contribution is 7.90. The molecular formula is C20H18N2O3S. The molecule has 0 N–H and O–H groups in total. The van der Waals surface area contributed by atoms with E-state index >= 15 is 0 Å². The summed E-state index contributed by atoms with van der Waals surface area (Å²) in [7, 11) is -2.23. The Balaban J connectivity index is 2.02. The van der Waals surface area contributed by atoms with Gasteiger partial charge >= 0.3 is 0 Å². The summed E-state index contributed by atoms with van der Waals surface area (Å²) in [6, 6.07) is 14.4. The van der Waals surface area contributed by atoms with Crippen LogP contribution in [0, 0.1) is 13.8 Å². The van der Waals surface area contributed by atoms with Gasteiger partial charge in [0.25, 0.3) is 10.0 Å². The highest BCUT2D eigenvalue weighted by Crippen LogP contribution is 2.33. The molecule has 26 heavy (non-hydrogen) atoms. The Kier molecular flexibility index (Phi) is 3.73. The fraction of sp³-hybridized carbons (Fsp3) is 0.150. The molecule has 0 radical (unpaired) electrons. The predicted octanol–water partition coefficient (Wildman–Crippen LogP) is 4.05. The van der Waals surface area contributed by atoms with Gasteiger partial charge in [-0.05, 0) is 49.2 Å². The van der Waals surface area contributed by atoms with Crippen molar-refractivity contribution in [3.05, 3.63) is 66.0 Å². The molecule has 4 aromatic rings. The van der Waals surface area contributed by atoms with Crippen molar-refractivity contribution < 1.29 is 13.2 Å². The number of hydrogen-bond acceptors (Lipinski definition) is 4. The third-order valence-corrected chi connectivity index (χ3v) is 6.45. The molecule has 4 rings (SSSR count). The van der Waals surface area contributed by atoms with Crippen molar-refractivity contribution in [3.8, 4) is 5.75 Å². The van der Waals surface area contributed by atoms with E-state index < -0.39 is 10.0 Å². The molecule has 5 nitrogen and oxygen atoms in total. The molecule has 0 spiro atoms. The Bertz CT molecular complexity index is 1260. The van der Waals surface area contributed by atoms with Crippen molar-refractivity contribution in [1.29, 1.82) is 0 Å². The summed E-state index contributed by atoms with van der Waals surface area (Å²) in [5.41, 5.74) is 3.34. The van der Waals surface area contributed by atoms with E-state index in [0.717, 1.165) is 16.5 Å². The molecule has 0 amide bonds. The first-order chi connectivity index (χ1) is 12.4. The number of imidazole rings is 1. The van der Waals surface area contributed by atoms with Crippen LogP contribution in [0.2, 0.25) is 0 Å². The summed E-state index contributed by atoms with van der Waals surface area (Å²) in [6.07, 6.45) is 1.37. The molecule has 0 atom stereocenters. The summed E-state index contributed by atoms with van der Waals surface area (Å²) >= 11 is 0. The van der Waals surface area contributed by atoms with Crippen LogP contribution >= 0.6 is 0 Å². The minimum absolute atomic E-state index is 0.228. The largest absolute Gasteiger partial charge is 0.496 e. The van der Waals surface area contributed by atoms with Gasteiger partial charge < -0.3 is 4.74 Å². The fourth-order valence-corrected chi connectivity index (χ4v) is 4.67. The second kappa shape index (κ2) is 5.85. The minimum atomic E-state index is -3.80. The smallest absolute Gasteiger partial charge is 0.270 e. The van der Waals surface area contributed by atoms with Crippen LogP contribution < -0.4 is 4.74 Å². The molecule has 0 unspecified atom stereocenters. The zero-order valence-electron chi connectivity index (χ0n) is 14.7. The summed E-state index contributed by atoms with van der Waals surface area (Å²) < 4.78 is 33.4. The average Bonchev–Trinajstić information content (AvgIpc) is 3.04. The van der Waals surface area contributed by atoms with Crippen LogP contribution in [-0.2, 0) is 10.0 Å². The van der Waals surface area contributed by atoms with Crippen LogP contribution in [0.1, 0.15) is 11.1 Å². The lowest BCUT2D eigenvalue weighted by atomic mass is 10.1. The zero-order valence-corrected chi connectivity index (χ0v) is 15.5. The second-order valence-electron chi connectivity index (χ2n) is 6.28. The Hall–Kier alpha value is -2.86. The topological polar surface area (TPSA) is 61.2 Å². The first kappa shape index (κ1) is 16.6. The predicted molar refractivity (Wildman–Crippen MR) is 102 cm³/mol. The van der Waals surface area contributed by atoms with E-state index in [1.165, 1.54) is 10.3 Å². The molecule has 6 heteroatoms. The zero-order chi connectivity index (χ0) is 18.5. The maximum absolute atomic E-state index is 13.4. The van der Waals surface area contributed by atoms with E-state index in [4.69, 9.17) is 4.74 Å². The monoisotopic (exact) mass is 366 g/mol. The number of benzene rings is 3. The number of hydrogen-bond donors (Lipinski definition) is 0. The third kappa shape index (κ3) is 2.37. The highest BCUT2D eigenvalue weighted by atomic mass is 32.2. The lowest BCUT2D eigenvalue weighted by molar-refractivity contribution is 0.419. The average molecular weight is 366 g/mol. The van der Waals surface area contributed by atoms with E-state index in [1.54, 1.807) is 25.3 Å². The van der Waals surface area contributed by atoms with E-state index in [9.17, 15) is 8.42 Å². The maximum Gasteiger partial charge on any atom is 0.270 e. The standard InChI is InChI=1S/C20H18N2O3S/c1-13-10-17-18(11-14(13)2)22(12-21-17)26(23,24)20-9-8-19(25-3)15-6-4-5-7-16(15)20/h4-12H,1-3H3. The molecule has 0 aliphatic rings. The van der Waals surface area contributed by atoms with Gasteiger partial charge in [0.05, 0.1) is 23.0 Å². The SMILES string of the molecule is COc1ccc(S(=O)(=O)n2cnc3cc(C)c(C)cc32)c2ccccc12. The van der Waals surface area contributed by atoms with Gasteiger partial charge in [0.15, 0.2) is 0 Å². The number of nitrogens with zero attached hydrogens (tertiary/aromatic N) is 2. The van der Waals surface area contributed by atoms with Gasteiger partial charge in [-0.1, -0.05) is 24.3 Å². The number of fused-ring (bicyclic) bond motifs is 2. The van der Waals surface area contributed by atoms with Crippen LogP contribution in [0.4, 0.5) is 0 Å². The lowest BCUT2D eigenvalue weighted by Crippen LogP contribution is -2.12. The molecule has 0 fully saturated rings. The van der Waals surface area contributed by atoms with Crippen molar-refractivity contribution in [2.45, 2.75) is 18.7 Å². The van der Waals surface area contributed by atoms with E-state index in [1.807, 2.05) is 44.2 Å². The Morgan fingerprint density at radius 2 is 1.65 bits per heavy atom. The number of aryl methyl sites for hydroxylation is 2. The molecule has 0 aliphatic heterocycles. The highest BCUT2D eigenvalue weighted by Gasteiger charge is 2.23. The second-order valence-corrected chi connectivity index (χ2v) is 8.07. The number of rotatable bonds is 3. The molecular weight excluding hydrogens is 348 g/mol. The van der Waals surface area contributed by atoms with Crippen molar-refractivity contribution >= 4 is 31.8 Å². The van der Waals surface area contributed by atoms with Crippen LogP contribution in [0.5, 0.6) is 5.75 Å². The van der Waals surface area contributed by atoms with E-state index in [0.29, 0.717) is 22.2 Å². The summed E-state index contributed by atoms with van der Waals surface area (Å²) in [5, 5.41) is 1.38. The third-order valence-electron chi connectivity index (χ3n) is 4.73. The van der Waals surface area contributed by atoms with Gasteiger partial charge in [-0.25, -0.2) is 17.4 Å². The molecule has 0 bridgehead atoms. The Labute approximate surface area is 151 Å². The Morgan fingerprint density at radius 1 is 0.962 bits per heavy atom. The molecule has 0 saturated heterocycles. The molecule has 0 aliphatic carbocycles. The van der Waals surface area contributed by atoms with Crippen molar-refractivity contribution in [1.82, 2.24) is 8.96 Å². The number of aromatic nitrogens is 2. The first-order valence-corrected chi connectivity index (χ1v) is 9.63. The summed E-state index contributed by atoms with van der Waals surface area (Å²) in [5.74, 6) is 0.640. The minimum Gasteiger partial charge on any atom is -0.496 e. The maximum atomic E-state index is 13.4. The van der Waals surface area contributed by atoms with Gasteiger partial charge in [-0.15, -0.1) is 0 Å². The Morgan fingerprint density at radius 3 is 2.38 bits per heavy atom. The van der Waals surface area contributed by atoms with E-state index in [2.05, 4.69) is 4.98 Å². The van der Waals surface area contributed by atoms with Crippen LogP contribution in [0.25, 0.3) is 21.8 Å². The molecule has 1 heterocycles. The first-order valence-electron chi connectivity index (χ1n) is 8.19. The van der Waals surface area contributed by atoms with Gasteiger partial charge in [0.2, 0.25) is 0 Å². The number of ether oxygens (including phenoxy) is 1. The van der Waals surface area contributed by atoms with Crippen molar-refractivity contribution in [2.24, 2.45) is 0 Å². The summed E-state index contributed by atoms with van der Waals surface area (Å²) in [4.78, 5) is 4.51. The van der Waals surface area contributed by atoms with Crippen molar-refractivity contribution in [3.63, 3.8) is 0 Å². The van der Waals surface area contributed by atoms with Crippen LogP contribution in [0.3, 0.4) is 0 Å². The molecule has 3 aromatic carbocycles. The van der Waals surface area contributed by atoms with Gasteiger partial charge in [0, 0.05) is 10.8 Å².